The number of thiazole rings is 1. The van der Waals surface area contributed by atoms with E-state index in [0.29, 0.717) is 0 Å². The highest BCUT2D eigenvalue weighted by Gasteiger charge is 2.28. The molecule has 0 saturated heterocycles. The third-order valence-corrected chi connectivity index (χ3v) is 4.20. The molecule has 1 rings (SSSR count). The third kappa shape index (κ3) is 2.77. The smallest absolute Gasteiger partial charge is 0.113 e. The summed E-state index contributed by atoms with van der Waals surface area (Å²) in [5, 5.41) is 4.49. The van der Waals surface area contributed by atoms with Crippen LogP contribution in [-0.4, -0.2) is 25.7 Å². The van der Waals surface area contributed by atoms with E-state index in [9.17, 15) is 0 Å². The van der Waals surface area contributed by atoms with Gasteiger partial charge in [0, 0.05) is 18.6 Å². The summed E-state index contributed by atoms with van der Waals surface area (Å²) in [5.74, 6) is 0. The van der Waals surface area contributed by atoms with Gasteiger partial charge in [-0.25, -0.2) is 4.98 Å². The monoisotopic (exact) mass is 228 g/mol. The summed E-state index contributed by atoms with van der Waals surface area (Å²) in [7, 11) is 3.70. The first-order chi connectivity index (χ1) is 7.03. The molecular formula is C11H20N2OS. The van der Waals surface area contributed by atoms with Crippen LogP contribution in [0.1, 0.15) is 28.9 Å². The first-order valence-corrected chi connectivity index (χ1v) is 5.97. The van der Waals surface area contributed by atoms with Crippen molar-refractivity contribution >= 4 is 11.3 Å². The molecule has 0 saturated carbocycles. The average Bonchev–Trinajstić information content (AvgIpc) is 2.56. The quantitative estimate of drug-likeness (QED) is 0.839. The van der Waals surface area contributed by atoms with Crippen molar-refractivity contribution in [1.29, 1.82) is 0 Å². The second-order valence-corrected chi connectivity index (χ2v) is 5.19. The van der Waals surface area contributed by atoms with Crippen molar-refractivity contribution in [3.8, 4) is 0 Å². The lowest BCUT2D eigenvalue weighted by Crippen LogP contribution is -2.37. The zero-order chi connectivity index (χ0) is 11.5. The van der Waals surface area contributed by atoms with Gasteiger partial charge in [-0.3, -0.25) is 0 Å². The molecule has 0 aromatic carbocycles. The summed E-state index contributed by atoms with van der Waals surface area (Å²) >= 11 is 1.77. The molecule has 1 aromatic heterocycles. The summed E-state index contributed by atoms with van der Waals surface area (Å²) in [4.78, 5) is 5.90. The molecule has 0 aliphatic carbocycles. The zero-order valence-electron chi connectivity index (χ0n) is 10.2. The van der Waals surface area contributed by atoms with Crippen LogP contribution in [-0.2, 0) is 10.3 Å². The summed E-state index contributed by atoms with van der Waals surface area (Å²) in [6.07, 6.45) is 0.937. The average molecular weight is 228 g/mol. The lowest BCUT2D eigenvalue weighted by molar-refractivity contribution is 0.162. The lowest BCUT2D eigenvalue weighted by Gasteiger charge is -2.26. The number of ether oxygens (including phenoxy) is 1. The van der Waals surface area contributed by atoms with Crippen LogP contribution in [0.3, 0.4) is 0 Å². The molecule has 86 valence electrons. The Labute approximate surface area is 95.9 Å². The summed E-state index contributed by atoms with van der Waals surface area (Å²) < 4.78 is 5.13. The van der Waals surface area contributed by atoms with Crippen molar-refractivity contribution in [2.24, 2.45) is 0 Å². The minimum atomic E-state index is -0.0697. The predicted octanol–water partition coefficient (Wildman–Crippen LogP) is 2.23. The number of nitrogens with zero attached hydrogens (tertiary/aromatic N) is 1. The Hall–Kier alpha value is -0.450. The van der Waals surface area contributed by atoms with Crippen LogP contribution in [0, 0.1) is 13.8 Å². The number of methoxy groups -OCH3 is 1. The van der Waals surface area contributed by atoms with Gasteiger partial charge in [0.05, 0.1) is 11.2 Å². The van der Waals surface area contributed by atoms with Gasteiger partial charge in [-0.15, -0.1) is 11.3 Å². The first-order valence-electron chi connectivity index (χ1n) is 5.16. The third-order valence-electron chi connectivity index (χ3n) is 2.86. The Morgan fingerprint density at radius 2 is 2.13 bits per heavy atom. The molecule has 1 atom stereocenters. The van der Waals surface area contributed by atoms with Gasteiger partial charge in [0.15, 0.2) is 0 Å². The standard InChI is InChI=1S/C11H20N2OS/c1-8-9(2)15-10(13-8)11(3,12-4)6-7-14-5/h12H,6-7H2,1-5H3. The van der Waals surface area contributed by atoms with Crippen LogP contribution in [0.15, 0.2) is 0 Å². The maximum Gasteiger partial charge on any atom is 0.113 e. The second-order valence-electron chi connectivity index (χ2n) is 3.99. The van der Waals surface area contributed by atoms with Gasteiger partial charge >= 0.3 is 0 Å². The van der Waals surface area contributed by atoms with Crippen molar-refractivity contribution in [2.75, 3.05) is 20.8 Å². The minimum absolute atomic E-state index is 0.0697. The number of aryl methyl sites for hydroxylation is 2. The molecule has 0 fully saturated rings. The topological polar surface area (TPSA) is 34.1 Å². The van der Waals surface area contributed by atoms with E-state index in [2.05, 4.69) is 31.1 Å². The fourth-order valence-electron chi connectivity index (χ4n) is 1.35. The van der Waals surface area contributed by atoms with Crippen LogP contribution in [0.2, 0.25) is 0 Å². The van der Waals surface area contributed by atoms with Crippen molar-refractivity contribution < 1.29 is 4.74 Å². The molecule has 1 aromatic rings. The molecule has 0 bridgehead atoms. The Morgan fingerprint density at radius 1 is 1.47 bits per heavy atom. The number of rotatable bonds is 5. The van der Waals surface area contributed by atoms with Crippen LogP contribution in [0.4, 0.5) is 0 Å². The maximum absolute atomic E-state index is 5.13. The normalized spacial score (nSPS) is 15.3. The Balaban J connectivity index is 2.89. The van der Waals surface area contributed by atoms with E-state index in [-0.39, 0.29) is 5.54 Å². The Morgan fingerprint density at radius 3 is 2.53 bits per heavy atom. The fourth-order valence-corrected chi connectivity index (χ4v) is 2.45. The van der Waals surface area contributed by atoms with E-state index in [0.717, 1.165) is 23.7 Å². The molecule has 0 aliphatic rings. The largest absolute Gasteiger partial charge is 0.385 e. The summed E-state index contributed by atoms with van der Waals surface area (Å²) in [5.41, 5.74) is 1.06. The van der Waals surface area contributed by atoms with E-state index in [1.165, 1.54) is 4.88 Å². The van der Waals surface area contributed by atoms with Crippen molar-refractivity contribution in [3.05, 3.63) is 15.6 Å². The second kappa shape index (κ2) is 5.05. The van der Waals surface area contributed by atoms with Gasteiger partial charge in [-0.05, 0) is 34.2 Å². The number of nitrogens with one attached hydrogen (secondary N) is 1. The summed E-state index contributed by atoms with van der Waals surface area (Å²) in [6, 6.07) is 0. The molecule has 3 nitrogen and oxygen atoms in total. The molecular weight excluding hydrogens is 208 g/mol. The number of hydrogen-bond acceptors (Lipinski definition) is 4. The molecule has 1 heterocycles. The van der Waals surface area contributed by atoms with Crippen molar-refractivity contribution in [1.82, 2.24) is 10.3 Å². The van der Waals surface area contributed by atoms with Gasteiger partial charge in [0.1, 0.15) is 5.01 Å². The van der Waals surface area contributed by atoms with E-state index in [1.807, 2.05) is 7.05 Å². The molecule has 15 heavy (non-hydrogen) atoms. The van der Waals surface area contributed by atoms with Crippen LogP contribution >= 0.6 is 11.3 Å². The van der Waals surface area contributed by atoms with Crippen molar-refractivity contribution in [2.45, 2.75) is 32.7 Å². The highest BCUT2D eigenvalue weighted by molar-refractivity contribution is 7.11. The molecule has 4 heteroatoms. The van der Waals surface area contributed by atoms with Gasteiger partial charge in [0.2, 0.25) is 0 Å². The Kier molecular flexibility index (Phi) is 4.25. The van der Waals surface area contributed by atoms with Gasteiger partial charge in [-0.2, -0.15) is 0 Å². The van der Waals surface area contributed by atoms with Crippen LogP contribution in [0.25, 0.3) is 0 Å². The SMILES string of the molecule is CNC(C)(CCOC)c1nc(C)c(C)s1. The summed E-state index contributed by atoms with van der Waals surface area (Å²) in [6.45, 7) is 7.09. The predicted molar refractivity (Wildman–Crippen MR) is 64.5 cm³/mol. The zero-order valence-corrected chi connectivity index (χ0v) is 11.0. The van der Waals surface area contributed by atoms with E-state index in [4.69, 9.17) is 4.74 Å². The highest BCUT2D eigenvalue weighted by Crippen LogP contribution is 2.29. The van der Waals surface area contributed by atoms with Crippen LogP contribution < -0.4 is 5.32 Å². The number of hydrogen-bond donors (Lipinski definition) is 1. The molecule has 0 radical (unpaired) electrons. The molecule has 1 N–H and O–H groups in total. The fraction of sp³-hybridized carbons (Fsp3) is 0.727. The maximum atomic E-state index is 5.13. The van der Waals surface area contributed by atoms with Gasteiger partial charge < -0.3 is 10.1 Å². The molecule has 0 amide bonds. The first kappa shape index (κ1) is 12.6. The Bertz CT molecular complexity index is 305. The van der Waals surface area contributed by atoms with Crippen LogP contribution in [0.5, 0.6) is 0 Å². The van der Waals surface area contributed by atoms with Gasteiger partial charge in [-0.1, -0.05) is 0 Å². The highest BCUT2D eigenvalue weighted by atomic mass is 32.1. The molecule has 0 aliphatic heterocycles. The van der Waals surface area contributed by atoms with Crippen molar-refractivity contribution in [3.63, 3.8) is 0 Å². The van der Waals surface area contributed by atoms with E-state index >= 15 is 0 Å². The van der Waals surface area contributed by atoms with E-state index in [1.54, 1.807) is 18.4 Å². The number of aromatic nitrogens is 1. The minimum Gasteiger partial charge on any atom is -0.385 e. The van der Waals surface area contributed by atoms with Gasteiger partial charge in [0.25, 0.3) is 0 Å². The lowest BCUT2D eigenvalue weighted by atomic mass is 10.00. The molecule has 1 unspecified atom stereocenters. The molecule has 0 spiro atoms. The van der Waals surface area contributed by atoms with E-state index < -0.39 is 0 Å².